The van der Waals surface area contributed by atoms with Crippen molar-refractivity contribution in [3.63, 3.8) is 0 Å². The number of carbonyl (C=O) groups is 1. The molecule has 6 nitrogen and oxygen atoms in total. The van der Waals surface area contributed by atoms with Gasteiger partial charge in [0.05, 0.1) is 15.1 Å². The summed E-state index contributed by atoms with van der Waals surface area (Å²) in [5.41, 5.74) is 1.64. The number of anilines is 1. The van der Waals surface area contributed by atoms with Crippen molar-refractivity contribution < 1.29 is 17.9 Å². The van der Waals surface area contributed by atoms with E-state index in [0.29, 0.717) is 21.1 Å². The second-order valence-electron chi connectivity index (χ2n) is 5.67. The zero-order valence-electron chi connectivity index (χ0n) is 13.9. The van der Waals surface area contributed by atoms with Gasteiger partial charge in [-0.25, -0.2) is 13.4 Å². The molecule has 136 valence electrons. The molecule has 0 aliphatic heterocycles. The number of aromatic nitrogens is 1. The Hall–Kier alpha value is -1.97. The molecule has 3 rings (SSSR count). The number of amides is 1. The number of nitrogens with zero attached hydrogens (tertiary/aromatic N) is 1. The highest BCUT2D eigenvalue weighted by Gasteiger charge is 2.12. The summed E-state index contributed by atoms with van der Waals surface area (Å²) in [5, 5.41) is 3.07. The van der Waals surface area contributed by atoms with Crippen LogP contribution in [0.4, 0.5) is 5.13 Å². The molecule has 0 unspecified atom stereocenters. The molecule has 1 heterocycles. The lowest BCUT2D eigenvalue weighted by Gasteiger charge is -2.07. The van der Waals surface area contributed by atoms with Gasteiger partial charge in [0.25, 0.3) is 5.91 Å². The number of fused-ring (bicyclic) bond motifs is 1. The molecular formula is C17H15BrN2O4S2. The minimum Gasteiger partial charge on any atom is -0.484 e. The van der Waals surface area contributed by atoms with E-state index in [0.717, 1.165) is 16.3 Å². The smallest absolute Gasteiger partial charge is 0.264 e. The molecule has 0 saturated heterocycles. The van der Waals surface area contributed by atoms with Gasteiger partial charge >= 0.3 is 0 Å². The molecule has 0 bridgehead atoms. The van der Waals surface area contributed by atoms with Crippen LogP contribution in [0.25, 0.3) is 10.2 Å². The van der Waals surface area contributed by atoms with Gasteiger partial charge in [0.15, 0.2) is 21.6 Å². The number of thiazole rings is 1. The lowest BCUT2D eigenvalue weighted by molar-refractivity contribution is -0.118. The number of benzene rings is 2. The number of carbonyl (C=O) groups excluding carboxylic acids is 1. The molecule has 0 aliphatic carbocycles. The number of aryl methyl sites for hydroxylation is 1. The van der Waals surface area contributed by atoms with Crippen LogP contribution in [0.2, 0.25) is 0 Å². The molecule has 2 aromatic carbocycles. The lowest BCUT2D eigenvalue weighted by atomic mass is 10.2. The molecule has 0 atom stereocenters. The fraction of sp³-hybridized carbons (Fsp3) is 0.176. The topological polar surface area (TPSA) is 85.4 Å². The zero-order chi connectivity index (χ0) is 18.9. The maximum absolute atomic E-state index is 12.1. The molecule has 1 amide bonds. The largest absolute Gasteiger partial charge is 0.484 e. The van der Waals surface area contributed by atoms with Crippen molar-refractivity contribution >= 4 is 58.4 Å². The average Bonchev–Trinajstić information content (AvgIpc) is 2.96. The second-order valence-corrected chi connectivity index (χ2v) is 9.57. The number of sulfone groups is 1. The van der Waals surface area contributed by atoms with Crippen molar-refractivity contribution in [2.45, 2.75) is 11.8 Å². The Labute approximate surface area is 163 Å². The van der Waals surface area contributed by atoms with Crippen molar-refractivity contribution in [2.24, 2.45) is 0 Å². The fourth-order valence-electron chi connectivity index (χ4n) is 2.20. The van der Waals surface area contributed by atoms with E-state index in [1.54, 1.807) is 18.2 Å². The predicted octanol–water partition coefficient (Wildman–Crippen LogP) is 3.79. The quantitative estimate of drug-likeness (QED) is 0.633. The Kier molecular flexibility index (Phi) is 5.31. The van der Waals surface area contributed by atoms with Gasteiger partial charge in [-0.2, -0.15) is 0 Å². The lowest BCUT2D eigenvalue weighted by Crippen LogP contribution is -2.20. The molecule has 0 saturated carbocycles. The molecular weight excluding hydrogens is 440 g/mol. The van der Waals surface area contributed by atoms with Gasteiger partial charge in [-0.3, -0.25) is 10.1 Å². The van der Waals surface area contributed by atoms with Gasteiger partial charge in [-0.15, -0.1) is 0 Å². The summed E-state index contributed by atoms with van der Waals surface area (Å²) < 4.78 is 30.4. The second kappa shape index (κ2) is 7.34. The van der Waals surface area contributed by atoms with E-state index < -0.39 is 9.84 Å². The van der Waals surface area contributed by atoms with E-state index in [4.69, 9.17) is 4.74 Å². The first kappa shape index (κ1) is 18.8. The van der Waals surface area contributed by atoms with Crippen molar-refractivity contribution in [2.75, 3.05) is 18.2 Å². The summed E-state index contributed by atoms with van der Waals surface area (Å²) in [6, 6.07) is 10.1. The maximum Gasteiger partial charge on any atom is 0.264 e. The first-order valence-corrected chi connectivity index (χ1v) is 11.0. The van der Waals surface area contributed by atoms with Crippen LogP contribution >= 0.6 is 27.3 Å². The Bertz CT molecular complexity index is 1090. The van der Waals surface area contributed by atoms with Gasteiger partial charge in [0.2, 0.25) is 0 Å². The van der Waals surface area contributed by atoms with Gasteiger partial charge < -0.3 is 4.74 Å². The molecule has 0 spiro atoms. The Morgan fingerprint density at radius 1 is 1.27 bits per heavy atom. The number of hydrogen-bond donors (Lipinski definition) is 1. The van der Waals surface area contributed by atoms with Crippen LogP contribution in [0.5, 0.6) is 5.75 Å². The molecule has 26 heavy (non-hydrogen) atoms. The Morgan fingerprint density at radius 2 is 2.04 bits per heavy atom. The number of nitrogens with one attached hydrogen (secondary N) is 1. The minimum absolute atomic E-state index is 0.147. The van der Waals surface area contributed by atoms with Crippen LogP contribution in [0.3, 0.4) is 0 Å². The third kappa shape index (κ3) is 4.40. The Balaban J connectivity index is 1.68. The molecule has 0 radical (unpaired) electrons. The van der Waals surface area contributed by atoms with Crippen molar-refractivity contribution in [3.05, 3.63) is 46.4 Å². The first-order chi connectivity index (χ1) is 12.2. The van der Waals surface area contributed by atoms with Gasteiger partial charge in [-0.1, -0.05) is 27.3 Å². The predicted molar refractivity (Wildman–Crippen MR) is 106 cm³/mol. The number of ether oxygens (including phenoxy) is 1. The van der Waals surface area contributed by atoms with Gasteiger partial charge in [0, 0.05) is 10.7 Å². The van der Waals surface area contributed by atoms with E-state index in [9.17, 15) is 13.2 Å². The monoisotopic (exact) mass is 454 g/mol. The van der Waals surface area contributed by atoms with Crippen molar-refractivity contribution in [3.8, 4) is 5.75 Å². The normalized spacial score (nSPS) is 11.5. The molecule has 9 heteroatoms. The van der Waals surface area contributed by atoms with Crippen LogP contribution < -0.4 is 10.1 Å². The standard InChI is InChI=1S/C17H15BrN2O4S2/c1-10-7-11(3-5-13(10)18)24-9-16(21)20-17-19-14-6-4-12(26(2,22)23)8-15(14)25-17/h3-8H,9H2,1-2H3,(H,19,20,21). The van der Waals surface area contributed by atoms with E-state index >= 15 is 0 Å². The highest BCUT2D eigenvalue weighted by Crippen LogP contribution is 2.28. The van der Waals surface area contributed by atoms with Crippen LogP contribution in [0.1, 0.15) is 5.56 Å². The van der Waals surface area contributed by atoms with Gasteiger partial charge in [0.1, 0.15) is 5.75 Å². The molecule has 3 aromatic rings. The van der Waals surface area contributed by atoms with Crippen LogP contribution in [0.15, 0.2) is 45.8 Å². The van der Waals surface area contributed by atoms with Crippen LogP contribution in [-0.4, -0.2) is 32.2 Å². The summed E-state index contributed by atoms with van der Waals surface area (Å²) in [6.07, 6.45) is 1.15. The summed E-state index contributed by atoms with van der Waals surface area (Å²) in [4.78, 5) is 16.6. The Morgan fingerprint density at radius 3 is 2.73 bits per heavy atom. The van der Waals surface area contributed by atoms with E-state index in [-0.39, 0.29) is 17.4 Å². The van der Waals surface area contributed by atoms with Crippen LogP contribution in [0, 0.1) is 6.92 Å². The summed E-state index contributed by atoms with van der Waals surface area (Å²) in [6.45, 7) is 1.79. The van der Waals surface area contributed by atoms with Crippen molar-refractivity contribution in [1.82, 2.24) is 4.98 Å². The molecule has 0 aliphatic rings. The van der Waals surface area contributed by atoms with E-state index in [1.807, 2.05) is 19.1 Å². The fourth-order valence-corrected chi connectivity index (χ4v) is 4.09. The summed E-state index contributed by atoms with van der Waals surface area (Å²) in [7, 11) is -3.29. The first-order valence-electron chi connectivity index (χ1n) is 7.52. The van der Waals surface area contributed by atoms with E-state index in [1.165, 1.54) is 17.4 Å². The van der Waals surface area contributed by atoms with E-state index in [2.05, 4.69) is 26.2 Å². The minimum atomic E-state index is -3.29. The van der Waals surface area contributed by atoms with Gasteiger partial charge in [-0.05, 0) is 48.9 Å². The average molecular weight is 455 g/mol. The van der Waals surface area contributed by atoms with Crippen molar-refractivity contribution in [1.29, 1.82) is 0 Å². The number of rotatable bonds is 5. The van der Waals surface area contributed by atoms with Crippen LogP contribution in [-0.2, 0) is 14.6 Å². The highest BCUT2D eigenvalue weighted by molar-refractivity contribution is 9.10. The summed E-state index contributed by atoms with van der Waals surface area (Å²) >= 11 is 4.62. The molecule has 0 fully saturated rings. The highest BCUT2D eigenvalue weighted by atomic mass is 79.9. The maximum atomic E-state index is 12.1. The molecule has 1 aromatic heterocycles. The summed E-state index contributed by atoms with van der Waals surface area (Å²) in [5.74, 6) is 0.260. The SMILES string of the molecule is Cc1cc(OCC(=O)Nc2nc3ccc(S(C)(=O)=O)cc3s2)ccc1Br. The third-order valence-corrected chi connectivity index (χ3v) is 6.47. The number of hydrogen-bond acceptors (Lipinski definition) is 6. The zero-order valence-corrected chi connectivity index (χ0v) is 17.2. The number of halogens is 1. The third-order valence-electron chi connectivity index (χ3n) is 3.53. The molecule has 1 N–H and O–H groups in total.